The molecule has 2 N–H and O–H groups in total. The average molecular weight is 253 g/mol. The van der Waals surface area contributed by atoms with Gasteiger partial charge in [-0.2, -0.15) is 0 Å². The molecule has 18 heavy (non-hydrogen) atoms. The maximum absolute atomic E-state index is 6.10. The maximum atomic E-state index is 6.10. The Morgan fingerprint density at radius 1 is 1.28 bits per heavy atom. The highest BCUT2D eigenvalue weighted by Gasteiger charge is 2.48. The molecule has 3 rings (SSSR count). The van der Waals surface area contributed by atoms with Gasteiger partial charge in [0.05, 0.1) is 11.6 Å². The number of hydrogen-bond donors (Lipinski definition) is 1. The largest absolute Gasteiger partial charge is 0.376 e. The van der Waals surface area contributed by atoms with Crippen LogP contribution in [-0.2, 0) is 4.74 Å². The third-order valence-electron chi connectivity index (χ3n) is 5.46. The highest BCUT2D eigenvalue weighted by Crippen LogP contribution is 2.35. The van der Waals surface area contributed by atoms with Gasteiger partial charge in [0, 0.05) is 32.3 Å². The quantitative estimate of drug-likeness (QED) is 0.802. The van der Waals surface area contributed by atoms with Gasteiger partial charge in [-0.25, -0.2) is 0 Å². The minimum absolute atomic E-state index is 0.120. The first-order chi connectivity index (χ1) is 8.76. The van der Waals surface area contributed by atoms with E-state index in [1.807, 2.05) is 0 Å². The minimum atomic E-state index is 0.120. The summed E-state index contributed by atoms with van der Waals surface area (Å²) in [5.74, 6) is 0. The van der Waals surface area contributed by atoms with Gasteiger partial charge in [-0.15, -0.1) is 0 Å². The predicted octanol–water partition coefficient (Wildman–Crippen LogP) is 0.663. The highest BCUT2D eigenvalue weighted by molar-refractivity contribution is 5.04. The molecule has 0 spiro atoms. The molecule has 3 aliphatic heterocycles. The Morgan fingerprint density at radius 3 is 2.67 bits per heavy atom. The van der Waals surface area contributed by atoms with Crippen LogP contribution in [0.4, 0.5) is 0 Å². The molecule has 0 amide bonds. The van der Waals surface area contributed by atoms with Crippen molar-refractivity contribution in [1.29, 1.82) is 0 Å². The molecule has 3 saturated heterocycles. The lowest BCUT2D eigenvalue weighted by Crippen LogP contribution is -2.57. The zero-order valence-electron chi connectivity index (χ0n) is 11.6. The number of nitrogens with two attached hydrogens (primary N) is 1. The van der Waals surface area contributed by atoms with Gasteiger partial charge in [-0.1, -0.05) is 0 Å². The fourth-order valence-corrected chi connectivity index (χ4v) is 4.13. The van der Waals surface area contributed by atoms with Crippen molar-refractivity contribution in [3.63, 3.8) is 0 Å². The smallest absolute Gasteiger partial charge is 0.0743 e. The molecule has 0 aromatic heterocycles. The molecule has 0 aliphatic carbocycles. The molecule has 3 aliphatic rings. The average Bonchev–Trinajstić information content (AvgIpc) is 3.09. The van der Waals surface area contributed by atoms with Crippen molar-refractivity contribution in [2.75, 3.05) is 39.3 Å². The number of nitrogens with zero attached hydrogens (tertiary/aromatic N) is 2. The second-order valence-corrected chi connectivity index (χ2v) is 6.20. The monoisotopic (exact) mass is 253 g/mol. The van der Waals surface area contributed by atoms with Crippen LogP contribution >= 0.6 is 0 Å². The molecule has 0 bridgehead atoms. The van der Waals surface area contributed by atoms with Gasteiger partial charge in [-0.05, 0) is 45.7 Å². The van der Waals surface area contributed by atoms with E-state index in [1.165, 1.54) is 45.4 Å². The van der Waals surface area contributed by atoms with E-state index >= 15 is 0 Å². The lowest BCUT2D eigenvalue weighted by atomic mass is 9.90. The van der Waals surface area contributed by atoms with Gasteiger partial charge in [0.1, 0.15) is 0 Å². The number of likely N-dealkylation sites (tertiary alicyclic amines) is 2. The van der Waals surface area contributed by atoms with Crippen molar-refractivity contribution < 1.29 is 4.74 Å². The van der Waals surface area contributed by atoms with Crippen LogP contribution in [0.15, 0.2) is 0 Å². The molecule has 4 heteroatoms. The van der Waals surface area contributed by atoms with E-state index in [0.29, 0.717) is 6.10 Å². The van der Waals surface area contributed by atoms with E-state index in [-0.39, 0.29) is 5.54 Å². The van der Waals surface area contributed by atoms with E-state index in [2.05, 4.69) is 16.7 Å². The zero-order chi connectivity index (χ0) is 12.6. The Kier molecular flexibility index (Phi) is 3.63. The van der Waals surface area contributed by atoms with Crippen molar-refractivity contribution in [3.05, 3.63) is 0 Å². The van der Waals surface area contributed by atoms with Crippen LogP contribution in [0.25, 0.3) is 0 Å². The van der Waals surface area contributed by atoms with E-state index in [0.717, 1.165) is 25.6 Å². The summed E-state index contributed by atoms with van der Waals surface area (Å²) in [4.78, 5) is 5.32. The summed E-state index contributed by atoms with van der Waals surface area (Å²) >= 11 is 0. The van der Waals surface area contributed by atoms with E-state index in [4.69, 9.17) is 10.5 Å². The Balaban J connectivity index is 1.66. The highest BCUT2D eigenvalue weighted by atomic mass is 16.5. The Morgan fingerprint density at radius 2 is 2.06 bits per heavy atom. The summed E-state index contributed by atoms with van der Waals surface area (Å²) in [6.07, 6.45) is 5.49. The molecule has 3 fully saturated rings. The standard InChI is InChI=1S/C14H27N3O/c1-12-14(11-15,5-9-18-12)17-8-4-13(10-17)16-6-2-3-7-16/h12-13H,2-11,15H2,1H3. The van der Waals surface area contributed by atoms with Crippen LogP contribution < -0.4 is 5.73 Å². The topological polar surface area (TPSA) is 41.7 Å². The fraction of sp³-hybridized carbons (Fsp3) is 1.00. The molecule has 4 nitrogen and oxygen atoms in total. The summed E-state index contributed by atoms with van der Waals surface area (Å²) in [6, 6.07) is 0.767. The molecule has 0 radical (unpaired) electrons. The van der Waals surface area contributed by atoms with Gasteiger partial charge < -0.3 is 10.5 Å². The summed E-state index contributed by atoms with van der Waals surface area (Å²) in [5.41, 5.74) is 6.22. The first-order valence-electron chi connectivity index (χ1n) is 7.57. The lowest BCUT2D eigenvalue weighted by molar-refractivity contribution is 0.0236. The minimum Gasteiger partial charge on any atom is -0.376 e. The number of hydrogen-bond acceptors (Lipinski definition) is 4. The molecule has 104 valence electrons. The van der Waals surface area contributed by atoms with Crippen molar-refractivity contribution in [3.8, 4) is 0 Å². The predicted molar refractivity (Wildman–Crippen MR) is 72.6 cm³/mol. The maximum Gasteiger partial charge on any atom is 0.0743 e. The normalized spacial score (nSPS) is 43.0. The van der Waals surface area contributed by atoms with E-state index < -0.39 is 0 Å². The number of ether oxygens (including phenoxy) is 1. The van der Waals surface area contributed by atoms with Crippen LogP contribution in [-0.4, -0.2) is 66.8 Å². The SMILES string of the molecule is CC1OCCC1(CN)N1CCC(N2CCCC2)C1. The first-order valence-corrected chi connectivity index (χ1v) is 7.57. The molecule has 0 aromatic carbocycles. The van der Waals surface area contributed by atoms with Gasteiger partial charge in [0.25, 0.3) is 0 Å². The summed E-state index contributed by atoms with van der Waals surface area (Å²) in [7, 11) is 0. The van der Waals surface area contributed by atoms with E-state index in [9.17, 15) is 0 Å². The molecule has 3 atom stereocenters. The zero-order valence-corrected chi connectivity index (χ0v) is 11.6. The van der Waals surface area contributed by atoms with Gasteiger partial charge >= 0.3 is 0 Å². The molecule has 3 unspecified atom stereocenters. The molecule has 3 heterocycles. The van der Waals surface area contributed by atoms with Crippen LogP contribution in [0.5, 0.6) is 0 Å². The van der Waals surface area contributed by atoms with Crippen LogP contribution in [0, 0.1) is 0 Å². The fourth-order valence-electron chi connectivity index (χ4n) is 4.13. The second-order valence-electron chi connectivity index (χ2n) is 6.20. The summed E-state index contributed by atoms with van der Waals surface area (Å²) in [6.45, 7) is 8.82. The second kappa shape index (κ2) is 5.08. The van der Waals surface area contributed by atoms with E-state index in [1.54, 1.807) is 0 Å². The Hall–Kier alpha value is -0.160. The summed E-state index contributed by atoms with van der Waals surface area (Å²) < 4.78 is 5.80. The third kappa shape index (κ3) is 1.99. The first kappa shape index (κ1) is 12.9. The van der Waals surface area contributed by atoms with Gasteiger partial charge in [-0.3, -0.25) is 9.80 Å². The Labute approximate surface area is 110 Å². The Bertz CT molecular complexity index is 293. The van der Waals surface area contributed by atoms with Crippen LogP contribution in [0.3, 0.4) is 0 Å². The van der Waals surface area contributed by atoms with Crippen molar-refractivity contribution in [1.82, 2.24) is 9.80 Å². The molecular weight excluding hydrogens is 226 g/mol. The third-order valence-corrected chi connectivity index (χ3v) is 5.46. The van der Waals surface area contributed by atoms with Gasteiger partial charge in [0.15, 0.2) is 0 Å². The van der Waals surface area contributed by atoms with Crippen molar-refractivity contribution in [2.24, 2.45) is 5.73 Å². The van der Waals surface area contributed by atoms with Crippen molar-refractivity contribution in [2.45, 2.75) is 50.3 Å². The summed E-state index contributed by atoms with van der Waals surface area (Å²) in [5, 5.41) is 0. The number of rotatable bonds is 3. The van der Waals surface area contributed by atoms with Gasteiger partial charge in [0.2, 0.25) is 0 Å². The van der Waals surface area contributed by atoms with Crippen LogP contribution in [0.2, 0.25) is 0 Å². The van der Waals surface area contributed by atoms with Crippen LogP contribution in [0.1, 0.15) is 32.6 Å². The lowest BCUT2D eigenvalue weighted by Gasteiger charge is -2.40. The molecule has 0 saturated carbocycles. The molecule has 0 aromatic rings. The van der Waals surface area contributed by atoms with Crippen molar-refractivity contribution >= 4 is 0 Å². The molecular formula is C14H27N3O.